The molecular formula is C24H17FN4OS. The maximum atomic E-state index is 13.3. The van der Waals surface area contributed by atoms with Crippen molar-refractivity contribution < 1.29 is 9.18 Å². The summed E-state index contributed by atoms with van der Waals surface area (Å²) in [6.07, 6.45) is 0. The first-order valence-corrected chi connectivity index (χ1v) is 10.4. The molecule has 4 rings (SSSR count). The molecule has 1 heterocycles. The van der Waals surface area contributed by atoms with Crippen LogP contribution >= 0.6 is 11.8 Å². The second kappa shape index (κ2) is 8.94. The number of amides is 1. The van der Waals surface area contributed by atoms with E-state index in [-0.39, 0.29) is 11.7 Å². The SMILES string of the molecule is CC(Sc1nnc(-c2ccc(F)cc2)c2ccccc12)C(=O)Nc1cccc(C#N)c1. The van der Waals surface area contributed by atoms with Crippen molar-refractivity contribution in [2.75, 3.05) is 5.32 Å². The van der Waals surface area contributed by atoms with E-state index in [0.717, 1.165) is 16.3 Å². The van der Waals surface area contributed by atoms with E-state index in [0.29, 0.717) is 22.0 Å². The van der Waals surface area contributed by atoms with Gasteiger partial charge in [-0.3, -0.25) is 4.79 Å². The van der Waals surface area contributed by atoms with Gasteiger partial charge in [-0.05, 0) is 49.4 Å². The summed E-state index contributed by atoms with van der Waals surface area (Å²) in [4.78, 5) is 12.7. The number of nitrogens with zero attached hydrogens (tertiary/aromatic N) is 3. The number of carbonyl (C=O) groups excluding carboxylic acids is 1. The first-order valence-electron chi connectivity index (χ1n) is 9.54. The van der Waals surface area contributed by atoms with Crippen molar-refractivity contribution in [3.63, 3.8) is 0 Å². The van der Waals surface area contributed by atoms with Crippen molar-refractivity contribution in [2.45, 2.75) is 17.2 Å². The molecule has 1 atom stereocenters. The van der Waals surface area contributed by atoms with Gasteiger partial charge in [-0.25, -0.2) is 4.39 Å². The van der Waals surface area contributed by atoms with Crippen molar-refractivity contribution in [1.82, 2.24) is 10.2 Å². The smallest absolute Gasteiger partial charge is 0.237 e. The van der Waals surface area contributed by atoms with Crippen LogP contribution in [-0.2, 0) is 4.79 Å². The largest absolute Gasteiger partial charge is 0.325 e. The summed E-state index contributed by atoms with van der Waals surface area (Å²) < 4.78 is 13.3. The van der Waals surface area contributed by atoms with Gasteiger partial charge in [-0.2, -0.15) is 5.26 Å². The van der Waals surface area contributed by atoms with E-state index in [9.17, 15) is 9.18 Å². The van der Waals surface area contributed by atoms with Crippen LogP contribution in [0.15, 0.2) is 77.8 Å². The van der Waals surface area contributed by atoms with Crippen molar-refractivity contribution in [3.05, 3.63) is 84.2 Å². The second-order valence-corrected chi connectivity index (χ2v) is 8.18. The second-order valence-electron chi connectivity index (χ2n) is 6.85. The predicted molar refractivity (Wildman–Crippen MR) is 120 cm³/mol. The Balaban J connectivity index is 1.60. The molecule has 5 nitrogen and oxygen atoms in total. The van der Waals surface area contributed by atoms with Crippen LogP contribution in [-0.4, -0.2) is 21.4 Å². The fourth-order valence-electron chi connectivity index (χ4n) is 3.12. The molecule has 0 spiro atoms. The number of nitrogens with one attached hydrogen (secondary N) is 1. The van der Waals surface area contributed by atoms with Crippen LogP contribution in [0.2, 0.25) is 0 Å². The lowest BCUT2D eigenvalue weighted by molar-refractivity contribution is -0.115. The highest BCUT2D eigenvalue weighted by Crippen LogP contribution is 2.33. The number of carbonyl (C=O) groups is 1. The van der Waals surface area contributed by atoms with Gasteiger partial charge >= 0.3 is 0 Å². The summed E-state index contributed by atoms with van der Waals surface area (Å²) in [5, 5.41) is 22.5. The monoisotopic (exact) mass is 428 g/mol. The molecule has 0 fully saturated rings. The van der Waals surface area contributed by atoms with Gasteiger partial charge in [0.05, 0.1) is 16.9 Å². The number of benzene rings is 3. The zero-order valence-corrected chi connectivity index (χ0v) is 17.4. The number of halogens is 1. The summed E-state index contributed by atoms with van der Waals surface area (Å²) in [5.41, 5.74) is 2.47. The molecule has 0 saturated heterocycles. The molecular weight excluding hydrogens is 411 g/mol. The van der Waals surface area contributed by atoms with Crippen LogP contribution in [0.25, 0.3) is 22.0 Å². The predicted octanol–water partition coefficient (Wildman–Crippen LogP) is 5.43. The summed E-state index contributed by atoms with van der Waals surface area (Å²) in [5.74, 6) is -0.512. The number of nitriles is 1. The molecule has 0 aliphatic carbocycles. The molecule has 3 aromatic carbocycles. The average Bonchev–Trinajstić information content (AvgIpc) is 2.80. The van der Waals surface area contributed by atoms with E-state index in [4.69, 9.17) is 5.26 Å². The Morgan fingerprint density at radius 3 is 2.52 bits per heavy atom. The normalized spacial score (nSPS) is 11.6. The van der Waals surface area contributed by atoms with Crippen molar-refractivity contribution in [2.24, 2.45) is 0 Å². The fraction of sp³-hybridized carbons (Fsp3) is 0.0833. The summed E-state index contributed by atoms with van der Waals surface area (Å²) >= 11 is 1.31. The topological polar surface area (TPSA) is 78.7 Å². The minimum Gasteiger partial charge on any atom is -0.325 e. The number of hydrogen-bond acceptors (Lipinski definition) is 5. The number of thioether (sulfide) groups is 1. The van der Waals surface area contributed by atoms with Gasteiger partial charge in [0.15, 0.2) is 0 Å². The molecule has 0 aliphatic heterocycles. The highest BCUT2D eigenvalue weighted by atomic mass is 32.2. The van der Waals surface area contributed by atoms with E-state index < -0.39 is 5.25 Å². The third kappa shape index (κ3) is 4.55. The van der Waals surface area contributed by atoms with Crippen LogP contribution in [0.4, 0.5) is 10.1 Å². The van der Waals surface area contributed by atoms with Gasteiger partial charge in [0.1, 0.15) is 16.5 Å². The van der Waals surface area contributed by atoms with Gasteiger partial charge in [-0.1, -0.05) is 42.1 Å². The van der Waals surface area contributed by atoms with E-state index in [1.165, 1.54) is 23.9 Å². The highest BCUT2D eigenvalue weighted by Gasteiger charge is 2.19. The maximum Gasteiger partial charge on any atom is 0.237 e. The Labute approximate surface area is 182 Å². The van der Waals surface area contributed by atoms with E-state index in [1.807, 2.05) is 24.3 Å². The Morgan fingerprint density at radius 2 is 1.77 bits per heavy atom. The van der Waals surface area contributed by atoms with E-state index in [2.05, 4.69) is 21.6 Å². The first kappa shape index (κ1) is 20.5. The Morgan fingerprint density at radius 1 is 1.03 bits per heavy atom. The van der Waals surface area contributed by atoms with Crippen LogP contribution in [0, 0.1) is 17.1 Å². The van der Waals surface area contributed by atoms with Gasteiger partial charge in [0.2, 0.25) is 5.91 Å². The van der Waals surface area contributed by atoms with Crippen LogP contribution < -0.4 is 5.32 Å². The van der Waals surface area contributed by atoms with Crippen LogP contribution in [0.3, 0.4) is 0 Å². The molecule has 1 amide bonds. The maximum absolute atomic E-state index is 13.3. The van der Waals surface area contributed by atoms with Gasteiger partial charge in [0, 0.05) is 22.0 Å². The third-order valence-corrected chi connectivity index (χ3v) is 5.78. The van der Waals surface area contributed by atoms with Gasteiger partial charge in [0.25, 0.3) is 0 Å². The lowest BCUT2D eigenvalue weighted by atomic mass is 10.1. The Kier molecular flexibility index (Phi) is 5.92. The van der Waals surface area contributed by atoms with E-state index >= 15 is 0 Å². The molecule has 1 N–H and O–H groups in total. The van der Waals surface area contributed by atoms with Crippen LogP contribution in [0.5, 0.6) is 0 Å². The number of fused-ring (bicyclic) bond motifs is 1. The minimum atomic E-state index is -0.444. The Bertz CT molecular complexity index is 1300. The van der Waals surface area contributed by atoms with E-state index in [1.54, 1.807) is 43.3 Å². The molecule has 0 saturated carbocycles. The highest BCUT2D eigenvalue weighted by molar-refractivity contribution is 8.00. The summed E-state index contributed by atoms with van der Waals surface area (Å²) in [7, 11) is 0. The first-order chi connectivity index (χ1) is 15.0. The quantitative estimate of drug-likeness (QED) is 0.429. The van der Waals surface area contributed by atoms with Crippen molar-refractivity contribution in [3.8, 4) is 17.3 Å². The third-order valence-electron chi connectivity index (χ3n) is 4.69. The Hall–Kier alpha value is -3.76. The van der Waals surface area contributed by atoms with Gasteiger partial charge < -0.3 is 5.32 Å². The lowest BCUT2D eigenvalue weighted by Crippen LogP contribution is -2.22. The molecule has 4 aromatic rings. The average molecular weight is 428 g/mol. The minimum absolute atomic E-state index is 0.200. The fourth-order valence-corrected chi connectivity index (χ4v) is 4.01. The zero-order chi connectivity index (χ0) is 21.8. The van der Waals surface area contributed by atoms with Gasteiger partial charge in [-0.15, -0.1) is 10.2 Å². The standard InChI is InChI=1S/C24H17FN4OS/c1-15(23(30)27-19-6-4-5-16(13-19)14-26)31-24-21-8-3-2-7-20(21)22(28-29-24)17-9-11-18(25)12-10-17/h2-13,15H,1H3,(H,27,30). The molecule has 1 unspecified atom stereocenters. The number of aromatic nitrogens is 2. The molecule has 7 heteroatoms. The van der Waals surface area contributed by atoms with Crippen molar-refractivity contribution >= 4 is 34.1 Å². The molecule has 31 heavy (non-hydrogen) atoms. The summed E-state index contributed by atoms with van der Waals surface area (Å²) in [6, 6.07) is 22.6. The molecule has 152 valence electrons. The lowest BCUT2D eigenvalue weighted by Gasteiger charge is -2.14. The molecule has 0 aliphatic rings. The van der Waals surface area contributed by atoms with Crippen molar-refractivity contribution in [1.29, 1.82) is 5.26 Å². The number of hydrogen-bond donors (Lipinski definition) is 1. The number of anilines is 1. The zero-order valence-electron chi connectivity index (χ0n) is 16.5. The summed E-state index contributed by atoms with van der Waals surface area (Å²) in [6.45, 7) is 1.79. The number of rotatable bonds is 5. The molecule has 1 aromatic heterocycles. The molecule has 0 bridgehead atoms. The van der Waals surface area contributed by atoms with Crippen LogP contribution in [0.1, 0.15) is 12.5 Å². The molecule has 0 radical (unpaired) electrons.